The third kappa shape index (κ3) is 4.05. The minimum Gasteiger partial charge on any atom is -0.454 e. The van der Waals surface area contributed by atoms with Gasteiger partial charge in [-0.25, -0.2) is 0 Å². The molecule has 2 aromatic rings. The number of thioether (sulfide) groups is 1. The monoisotopic (exact) mass is 389 g/mol. The Morgan fingerprint density at radius 3 is 3.00 bits per heavy atom. The third-order valence-electron chi connectivity index (χ3n) is 5.05. The molecular weight excluding hydrogens is 366 g/mol. The summed E-state index contributed by atoms with van der Waals surface area (Å²) in [4.78, 5) is 18.6. The van der Waals surface area contributed by atoms with Gasteiger partial charge in [0, 0.05) is 13.0 Å². The average molecular weight is 389 g/mol. The Hall–Kier alpha value is -2.22. The molecule has 0 bridgehead atoms. The lowest BCUT2D eigenvalue weighted by molar-refractivity contribution is -0.138. The number of fused-ring (bicyclic) bond motifs is 1. The molecule has 1 aromatic carbocycles. The molecule has 0 radical (unpaired) electrons. The third-order valence-corrected chi connectivity index (χ3v) is 5.59. The molecule has 2 aliphatic rings. The first kappa shape index (κ1) is 18.2. The number of ether oxygens (including phenoxy) is 2. The van der Waals surface area contributed by atoms with Crippen molar-refractivity contribution in [2.75, 3.05) is 19.6 Å². The van der Waals surface area contributed by atoms with E-state index in [4.69, 9.17) is 14.0 Å². The lowest BCUT2D eigenvalue weighted by atomic mass is 9.76. The van der Waals surface area contributed by atoms with E-state index in [9.17, 15) is 4.79 Å². The fraction of sp³-hybridized carbons (Fsp3) is 0.526. The molecule has 0 aliphatic carbocycles. The molecule has 8 heteroatoms. The number of amides is 1. The van der Waals surface area contributed by atoms with Gasteiger partial charge in [-0.15, -0.1) is 0 Å². The molecule has 144 valence electrons. The Morgan fingerprint density at radius 2 is 2.15 bits per heavy atom. The molecule has 1 amide bonds. The second-order valence-electron chi connectivity index (χ2n) is 7.46. The first-order valence-corrected chi connectivity index (χ1v) is 10.4. The zero-order chi connectivity index (χ0) is 18.9. The zero-order valence-electron chi connectivity index (χ0n) is 15.6. The zero-order valence-corrected chi connectivity index (χ0v) is 16.4. The van der Waals surface area contributed by atoms with Crippen LogP contribution >= 0.6 is 11.8 Å². The van der Waals surface area contributed by atoms with Gasteiger partial charge in [0.1, 0.15) is 0 Å². The van der Waals surface area contributed by atoms with E-state index in [-0.39, 0.29) is 18.1 Å². The van der Waals surface area contributed by atoms with Gasteiger partial charge >= 0.3 is 0 Å². The van der Waals surface area contributed by atoms with E-state index in [1.807, 2.05) is 23.3 Å². The summed E-state index contributed by atoms with van der Waals surface area (Å²) < 4.78 is 16.2. The van der Waals surface area contributed by atoms with Gasteiger partial charge in [-0.1, -0.05) is 18.1 Å². The largest absolute Gasteiger partial charge is 0.454 e. The summed E-state index contributed by atoms with van der Waals surface area (Å²) in [5.74, 6) is 3.61. The van der Waals surface area contributed by atoms with Gasteiger partial charge in [-0.05, 0) is 42.2 Å². The van der Waals surface area contributed by atoms with E-state index >= 15 is 0 Å². The van der Waals surface area contributed by atoms with Crippen LogP contribution < -0.4 is 9.47 Å². The van der Waals surface area contributed by atoms with Crippen molar-refractivity contribution in [3.63, 3.8) is 0 Å². The average Bonchev–Trinajstić information content (AvgIpc) is 3.27. The summed E-state index contributed by atoms with van der Waals surface area (Å²) in [6.07, 6.45) is 4.26. The molecule has 3 heterocycles. The molecule has 7 nitrogen and oxygen atoms in total. The van der Waals surface area contributed by atoms with Gasteiger partial charge in [0.15, 0.2) is 17.3 Å². The van der Waals surface area contributed by atoms with Crippen molar-refractivity contribution >= 4 is 17.7 Å². The number of likely N-dealkylation sites (tertiary alicyclic amines) is 1. The summed E-state index contributed by atoms with van der Waals surface area (Å²) in [7, 11) is 0. The van der Waals surface area contributed by atoms with Crippen molar-refractivity contribution in [1.82, 2.24) is 15.0 Å². The van der Waals surface area contributed by atoms with Crippen LogP contribution in [-0.2, 0) is 23.5 Å². The first-order chi connectivity index (χ1) is 13.0. The van der Waals surface area contributed by atoms with Gasteiger partial charge in [-0.3, -0.25) is 4.79 Å². The van der Waals surface area contributed by atoms with E-state index in [1.54, 1.807) is 11.8 Å². The molecule has 1 unspecified atom stereocenters. The Balaban J connectivity index is 1.44. The van der Waals surface area contributed by atoms with Crippen molar-refractivity contribution in [2.45, 2.75) is 38.5 Å². The molecule has 0 N–H and O–H groups in total. The van der Waals surface area contributed by atoms with Gasteiger partial charge in [-0.2, -0.15) is 16.7 Å². The molecular formula is C19H23N3O4S. The van der Waals surface area contributed by atoms with E-state index in [2.05, 4.69) is 23.1 Å². The highest BCUT2D eigenvalue weighted by molar-refractivity contribution is 7.97. The summed E-state index contributed by atoms with van der Waals surface area (Å²) in [5, 5.41) is 3.96. The predicted octanol–water partition coefficient (Wildman–Crippen LogP) is 3.03. The van der Waals surface area contributed by atoms with E-state index in [0.717, 1.165) is 24.3 Å². The number of piperidine rings is 1. The number of hydrogen-bond acceptors (Lipinski definition) is 7. The number of carbonyl (C=O) groups excluding carboxylic acids is 1. The fourth-order valence-electron chi connectivity index (χ4n) is 3.73. The van der Waals surface area contributed by atoms with E-state index in [1.165, 1.54) is 5.56 Å². The summed E-state index contributed by atoms with van der Waals surface area (Å²) in [6, 6.07) is 6.08. The Labute approximate surface area is 162 Å². The Morgan fingerprint density at radius 1 is 1.30 bits per heavy atom. The Kier molecular flexibility index (Phi) is 4.99. The molecule has 1 saturated heterocycles. The van der Waals surface area contributed by atoms with Crippen LogP contribution in [0.4, 0.5) is 0 Å². The van der Waals surface area contributed by atoms with Crippen LogP contribution in [-0.4, -0.2) is 40.5 Å². The molecule has 1 fully saturated rings. The highest BCUT2D eigenvalue weighted by Crippen LogP contribution is 2.38. The van der Waals surface area contributed by atoms with Crippen molar-refractivity contribution < 1.29 is 18.8 Å². The quantitative estimate of drug-likeness (QED) is 0.751. The predicted molar refractivity (Wildman–Crippen MR) is 101 cm³/mol. The summed E-state index contributed by atoms with van der Waals surface area (Å²) >= 11 is 1.64. The summed E-state index contributed by atoms with van der Waals surface area (Å²) in [6.45, 7) is 3.54. The van der Waals surface area contributed by atoms with Gasteiger partial charge in [0.2, 0.25) is 18.6 Å². The maximum absolute atomic E-state index is 12.4. The highest BCUT2D eigenvalue weighted by atomic mass is 32.2. The van der Waals surface area contributed by atoms with E-state index < -0.39 is 0 Å². The second-order valence-corrected chi connectivity index (χ2v) is 8.33. The normalized spacial score (nSPS) is 21.7. The van der Waals surface area contributed by atoms with Gasteiger partial charge < -0.3 is 18.9 Å². The second kappa shape index (κ2) is 7.42. The molecule has 0 saturated carbocycles. The van der Waals surface area contributed by atoms with E-state index in [0.29, 0.717) is 37.0 Å². The highest BCUT2D eigenvalue weighted by Gasteiger charge is 2.36. The molecule has 2 aliphatic heterocycles. The maximum atomic E-state index is 12.4. The summed E-state index contributed by atoms with van der Waals surface area (Å²) in [5.41, 5.74) is 1.18. The van der Waals surface area contributed by atoms with Crippen LogP contribution in [0.15, 0.2) is 22.7 Å². The van der Waals surface area contributed by atoms with Crippen LogP contribution in [0.5, 0.6) is 11.5 Å². The molecule has 1 aromatic heterocycles. The van der Waals surface area contributed by atoms with Crippen molar-refractivity contribution in [2.24, 2.45) is 5.41 Å². The van der Waals surface area contributed by atoms with Crippen LogP contribution in [0, 0.1) is 5.41 Å². The fourth-order valence-corrected chi connectivity index (χ4v) is 4.11. The van der Waals surface area contributed by atoms with Crippen LogP contribution in [0.2, 0.25) is 0 Å². The standard InChI is InChI=1S/C19H23N3O4S/c1-19(8-13-3-4-14-15(7-13)25-12-24-14)6-5-18(23)22(11-19)9-17-20-16(10-27-2)21-26-17/h3-4,7H,5-6,8-12H2,1-2H3. The number of carbonyl (C=O) groups is 1. The van der Waals surface area contributed by atoms with Crippen LogP contribution in [0.3, 0.4) is 0 Å². The number of hydrogen-bond donors (Lipinski definition) is 0. The van der Waals surface area contributed by atoms with Crippen LogP contribution in [0.1, 0.15) is 37.0 Å². The lowest BCUT2D eigenvalue weighted by Crippen LogP contribution is -2.45. The van der Waals surface area contributed by atoms with Gasteiger partial charge in [0.25, 0.3) is 0 Å². The van der Waals surface area contributed by atoms with Gasteiger partial charge in [0.05, 0.1) is 12.3 Å². The smallest absolute Gasteiger partial charge is 0.246 e. The van der Waals surface area contributed by atoms with Crippen molar-refractivity contribution in [3.05, 3.63) is 35.5 Å². The number of benzene rings is 1. The van der Waals surface area contributed by atoms with Crippen LogP contribution in [0.25, 0.3) is 0 Å². The SMILES string of the molecule is CSCc1noc(CN2CC(C)(Cc3ccc4c(c3)OCO4)CCC2=O)n1. The topological polar surface area (TPSA) is 77.7 Å². The van der Waals surface area contributed by atoms with Crippen molar-refractivity contribution in [1.29, 1.82) is 0 Å². The first-order valence-electron chi connectivity index (χ1n) is 9.01. The van der Waals surface area contributed by atoms with Crippen molar-refractivity contribution in [3.8, 4) is 11.5 Å². The number of aromatic nitrogens is 2. The number of nitrogens with zero attached hydrogens (tertiary/aromatic N) is 3. The minimum atomic E-state index is -0.0102. The maximum Gasteiger partial charge on any atom is 0.246 e. The molecule has 1 atom stereocenters. The minimum absolute atomic E-state index is 0.0102. The Bertz CT molecular complexity index is 840. The number of rotatable bonds is 6. The molecule has 0 spiro atoms. The molecule has 27 heavy (non-hydrogen) atoms. The molecule has 4 rings (SSSR count). The lowest BCUT2D eigenvalue weighted by Gasteiger charge is -2.40.